The van der Waals surface area contributed by atoms with E-state index in [-0.39, 0.29) is 11.3 Å². The third-order valence-electron chi connectivity index (χ3n) is 2.54. The Morgan fingerprint density at radius 1 is 1.37 bits per heavy atom. The van der Waals surface area contributed by atoms with Crippen LogP contribution in [-0.2, 0) is 4.79 Å². The van der Waals surface area contributed by atoms with Gasteiger partial charge in [0.1, 0.15) is 16.8 Å². The summed E-state index contributed by atoms with van der Waals surface area (Å²) in [5.74, 6) is -1.55. The number of anilines is 1. The molecular weight excluding hydrogens is 252 g/mol. The van der Waals surface area contributed by atoms with Crippen molar-refractivity contribution in [2.24, 2.45) is 5.73 Å². The first-order valence-corrected chi connectivity index (χ1v) is 5.32. The molecule has 0 radical (unpaired) electrons. The second kappa shape index (κ2) is 4.92. The van der Waals surface area contributed by atoms with Gasteiger partial charge in [0.25, 0.3) is 5.91 Å². The summed E-state index contributed by atoms with van der Waals surface area (Å²) in [5, 5.41) is 13.2. The Labute approximate surface area is 108 Å². The molecule has 0 atom stereocenters. The highest BCUT2D eigenvalue weighted by molar-refractivity contribution is 6.03. The van der Waals surface area contributed by atoms with Crippen molar-refractivity contribution in [3.8, 4) is 0 Å². The van der Waals surface area contributed by atoms with Gasteiger partial charge in [-0.1, -0.05) is 6.07 Å². The normalized spacial score (nSPS) is 10.8. The summed E-state index contributed by atoms with van der Waals surface area (Å²) in [6.45, 7) is 2.79. The maximum atomic E-state index is 12.0. The van der Waals surface area contributed by atoms with Crippen LogP contribution in [-0.4, -0.2) is 22.3 Å². The van der Waals surface area contributed by atoms with Gasteiger partial charge in [-0.25, -0.2) is 0 Å². The largest absolute Gasteiger partial charge is 0.393 e. The van der Waals surface area contributed by atoms with Crippen molar-refractivity contribution in [1.82, 2.24) is 5.32 Å². The molecule has 0 fully saturated rings. The van der Waals surface area contributed by atoms with Gasteiger partial charge >= 0.3 is 5.69 Å². The number of nitrogens with zero attached hydrogens (tertiary/aromatic N) is 1. The van der Waals surface area contributed by atoms with Crippen LogP contribution in [0.25, 0.3) is 0 Å². The maximum absolute atomic E-state index is 12.0. The first-order chi connectivity index (χ1) is 8.66. The number of nitro benzene ring substituents is 1. The molecule has 19 heavy (non-hydrogen) atoms. The lowest BCUT2D eigenvalue weighted by Crippen LogP contribution is -2.53. The number of hydrogen-bond donors (Lipinski definition) is 3. The molecule has 2 amide bonds. The van der Waals surface area contributed by atoms with Gasteiger partial charge in [-0.05, 0) is 26.0 Å². The standard InChI is InChI=1S/C11H14N4O4/c1-11(2,10(13)17)14-9(16)6-4-3-5-7(12)8(6)15(18)19/h3-5H,12H2,1-2H3,(H2,13,17)(H,14,16). The first kappa shape index (κ1) is 14.4. The van der Waals surface area contributed by atoms with Gasteiger partial charge in [0.2, 0.25) is 5.91 Å². The van der Waals surface area contributed by atoms with E-state index in [2.05, 4.69) is 5.32 Å². The molecule has 0 aliphatic carbocycles. The Bertz CT molecular complexity index is 554. The number of nitrogens with one attached hydrogen (secondary N) is 1. The third kappa shape index (κ3) is 2.97. The van der Waals surface area contributed by atoms with E-state index in [0.29, 0.717) is 0 Å². The molecule has 0 spiro atoms. The number of nitrogens with two attached hydrogens (primary N) is 2. The summed E-state index contributed by atoms with van der Waals surface area (Å²) >= 11 is 0. The smallest absolute Gasteiger partial charge is 0.304 e. The van der Waals surface area contributed by atoms with Crippen molar-refractivity contribution in [1.29, 1.82) is 0 Å². The van der Waals surface area contributed by atoms with Crippen LogP contribution in [0.15, 0.2) is 18.2 Å². The number of rotatable bonds is 4. The lowest BCUT2D eigenvalue weighted by molar-refractivity contribution is -0.384. The quantitative estimate of drug-likeness (QED) is 0.404. The number of hydrogen-bond acceptors (Lipinski definition) is 5. The predicted molar refractivity (Wildman–Crippen MR) is 68.2 cm³/mol. The highest BCUT2D eigenvalue weighted by atomic mass is 16.6. The van der Waals surface area contributed by atoms with Crippen molar-refractivity contribution in [3.63, 3.8) is 0 Å². The van der Waals surface area contributed by atoms with Gasteiger partial charge in [-0.15, -0.1) is 0 Å². The number of para-hydroxylation sites is 1. The summed E-state index contributed by atoms with van der Waals surface area (Å²) in [6, 6.07) is 3.98. The Morgan fingerprint density at radius 2 is 1.95 bits per heavy atom. The lowest BCUT2D eigenvalue weighted by Gasteiger charge is -2.22. The van der Waals surface area contributed by atoms with Crippen molar-refractivity contribution >= 4 is 23.2 Å². The van der Waals surface area contributed by atoms with Gasteiger partial charge in [-0.3, -0.25) is 19.7 Å². The Balaban J connectivity index is 3.18. The number of carbonyl (C=O) groups is 2. The topological polar surface area (TPSA) is 141 Å². The molecule has 0 saturated heterocycles. The number of amides is 2. The number of nitro groups is 1. The minimum atomic E-state index is -1.32. The fourth-order valence-corrected chi connectivity index (χ4v) is 1.36. The molecule has 0 heterocycles. The number of benzene rings is 1. The van der Waals surface area contributed by atoms with Crippen LogP contribution in [0.2, 0.25) is 0 Å². The highest BCUT2D eigenvalue weighted by Gasteiger charge is 2.31. The van der Waals surface area contributed by atoms with Crippen molar-refractivity contribution in [2.45, 2.75) is 19.4 Å². The Morgan fingerprint density at radius 3 is 2.42 bits per heavy atom. The Kier molecular flexibility index (Phi) is 3.74. The van der Waals surface area contributed by atoms with Crippen molar-refractivity contribution in [2.75, 3.05) is 5.73 Å². The molecule has 8 nitrogen and oxygen atoms in total. The fraction of sp³-hybridized carbons (Fsp3) is 0.273. The molecular formula is C11H14N4O4. The number of primary amides is 1. The average molecular weight is 266 g/mol. The third-order valence-corrected chi connectivity index (χ3v) is 2.54. The average Bonchev–Trinajstić information content (AvgIpc) is 2.27. The van der Waals surface area contributed by atoms with E-state index >= 15 is 0 Å². The lowest BCUT2D eigenvalue weighted by atomic mass is 10.0. The van der Waals surface area contributed by atoms with Gasteiger partial charge in [0.05, 0.1) is 4.92 Å². The van der Waals surface area contributed by atoms with E-state index in [0.717, 1.165) is 0 Å². The molecule has 0 saturated carbocycles. The molecule has 8 heteroatoms. The Hall–Kier alpha value is -2.64. The molecule has 102 valence electrons. The van der Waals surface area contributed by atoms with Crippen LogP contribution < -0.4 is 16.8 Å². The summed E-state index contributed by atoms with van der Waals surface area (Å²) in [5.41, 5.74) is 8.41. The fourth-order valence-electron chi connectivity index (χ4n) is 1.36. The second-order valence-corrected chi connectivity index (χ2v) is 4.44. The SMILES string of the molecule is CC(C)(NC(=O)c1cccc(N)c1[N+](=O)[O-])C(N)=O. The predicted octanol–water partition coefficient (Wildman–Crippen LogP) is 0.171. The van der Waals surface area contributed by atoms with E-state index < -0.39 is 28.0 Å². The zero-order valence-corrected chi connectivity index (χ0v) is 10.5. The minimum Gasteiger partial charge on any atom is -0.393 e. The molecule has 5 N–H and O–H groups in total. The van der Waals surface area contributed by atoms with Gasteiger partial charge < -0.3 is 16.8 Å². The van der Waals surface area contributed by atoms with Crippen LogP contribution in [0.1, 0.15) is 24.2 Å². The van der Waals surface area contributed by atoms with Gasteiger partial charge in [0.15, 0.2) is 0 Å². The van der Waals surface area contributed by atoms with E-state index in [1.807, 2.05) is 0 Å². The van der Waals surface area contributed by atoms with Crippen LogP contribution in [0.4, 0.5) is 11.4 Å². The highest BCUT2D eigenvalue weighted by Crippen LogP contribution is 2.26. The maximum Gasteiger partial charge on any atom is 0.304 e. The number of carbonyl (C=O) groups excluding carboxylic acids is 2. The van der Waals surface area contributed by atoms with Crippen LogP contribution in [0.5, 0.6) is 0 Å². The second-order valence-electron chi connectivity index (χ2n) is 4.44. The summed E-state index contributed by atoms with van der Waals surface area (Å²) in [6.07, 6.45) is 0. The van der Waals surface area contributed by atoms with Gasteiger partial charge in [-0.2, -0.15) is 0 Å². The van der Waals surface area contributed by atoms with E-state index in [1.54, 1.807) is 0 Å². The van der Waals surface area contributed by atoms with E-state index in [4.69, 9.17) is 11.5 Å². The molecule has 1 aromatic carbocycles. The molecule has 0 aromatic heterocycles. The summed E-state index contributed by atoms with van der Waals surface area (Å²) < 4.78 is 0. The zero-order chi connectivity index (χ0) is 14.8. The van der Waals surface area contributed by atoms with Crippen LogP contribution in [0.3, 0.4) is 0 Å². The number of nitrogen functional groups attached to an aromatic ring is 1. The zero-order valence-electron chi connectivity index (χ0n) is 10.5. The monoisotopic (exact) mass is 266 g/mol. The first-order valence-electron chi connectivity index (χ1n) is 5.32. The van der Waals surface area contributed by atoms with Crippen LogP contribution in [0, 0.1) is 10.1 Å². The molecule has 1 aromatic rings. The van der Waals surface area contributed by atoms with Crippen LogP contribution >= 0.6 is 0 Å². The molecule has 0 aliphatic heterocycles. The summed E-state index contributed by atoms with van der Waals surface area (Å²) in [7, 11) is 0. The van der Waals surface area contributed by atoms with Gasteiger partial charge in [0, 0.05) is 0 Å². The van der Waals surface area contributed by atoms with E-state index in [9.17, 15) is 19.7 Å². The van der Waals surface area contributed by atoms with Crippen molar-refractivity contribution in [3.05, 3.63) is 33.9 Å². The molecule has 0 unspecified atom stereocenters. The van der Waals surface area contributed by atoms with E-state index in [1.165, 1.54) is 32.0 Å². The van der Waals surface area contributed by atoms with Crippen molar-refractivity contribution < 1.29 is 14.5 Å². The molecule has 0 bridgehead atoms. The summed E-state index contributed by atoms with van der Waals surface area (Å²) in [4.78, 5) is 33.2. The minimum absolute atomic E-state index is 0.130. The molecule has 1 rings (SSSR count). The molecule has 0 aliphatic rings.